The van der Waals surface area contributed by atoms with Gasteiger partial charge in [-0.15, -0.1) is 0 Å². The van der Waals surface area contributed by atoms with Crippen LogP contribution in [0.2, 0.25) is 5.02 Å². The molecule has 0 saturated heterocycles. The summed E-state index contributed by atoms with van der Waals surface area (Å²) in [7, 11) is 1.63. The Morgan fingerprint density at radius 2 is 1.90 bits per heavy atom. The normalized spacial score (nSPS) is 12.0. The van der Waals surface area contributed by atoms with Crippen LogP contribution in [0, 0.1) is 5.82 Å². The van der Waals surface area contributed by atoms with Crippen LogP contribution in [-0.4, -0.2) is 17.9 Å². The van der Waals surface area contributed by atoms with E-state index < -0.39 is 11.7 Å². The average Bonchev–Trinajstić information content (AvgIpc) is 2.46. The quantitative estimate of drug-likeness (QED) is 0.738. The van der Waals surface area contributed by atoms with Crippen molar-refractivity contribution >= 4 is 33.4 Å². The van der Waals surface area contributed by atoms with E-state index in [4.69, 9.17) is 11.6 Å². The number of carbonyl (C=O) groups excluding carboxylic acids is 1. The van der Waals surface area contributed by atoms with Gasteiger partial charge in [-0.2, -0.15) is 0 Å². The fraction of sp³-hybridized carbons (Fsp3) is 0.188. The molecule has 2 rings (SSSR count). The van der Waals surface area contributed by atoms with E-state index in [1.165, 1.54) is 11.0 Å². The molecule has 0 bridgehead atoms. The largest absolute Gasteiger partial charge is 0.335 e. The maximum Gasteiger partial charge on any atom is 0.258 e. The number of benzene rings is 2. The molecule has 0 heterocycles. The van der Waals surface area contributed by atoms with Gasteiger partial charge in [-0.25, -0.2) is 4.39 Å². The summed E-state index contributed by atoms with van der Waals surface area (Å²) in [5, 5.41) is 0.581. The molecular weight excluding hydrogens is 357 g/mol. The lowest BCUT2D eigenvalue weighted by molar-refractivity contribution is 0.0737. The molecule has 1 atom stereocenters. The minimum absolute atomic E-state index is 0.0268. The van der Waals surface area contributed by atoms with E-state index in [0.29, 0.717) is 9.50 Å². The molecule has 0 saturated carbocycles. The van der Waals surface area contributed by atoms with Crippen LogP contribution in [0.15, 0.2) is 46.9 Å². The number of amides is 1. The predicted octanol–water partition coefficient (Wildman–Crippen LogP) is 5.07. The molecule has 5 heteroatoms. The van der Waals surface area contributed by atoms with Gasteiger partial charge in [-0.05, 0) is 46.6 Å². The van der Waals surface area contributed by atoms with E-state index in [2.05, 4.69) is 15.9 Å². The van der Waals surface area contributed by atoms with Crippen LogP contribution in [0.1, 0.15) is 28.9 Å². The highest BCUT2D eigenvalue weighted by molar-refractivity contribution is 9.10. The van der Waals surface area contributed by atoms with Crippen molar-refractivity contribution in [2.45, 2.75) is 13.0 Å². The second-order valence-electron chi connectivity index (χ2n) is 4.71. The number of halogens is 3. The van der Waals surface area contributed by atoms with Crippen LogP contribution in [0.3, 0.4) is 0 Å². The topological polar surface area (TPSA) is 20.3 Å². The van der Waals surface area contributed by atoms with Crippen LogP contribution in [0.25, 0.3) is 0 Å². The lowest BCUT2D eigenvalue weighted by Gasteiger charge is -2.26. The fourth-order valence-corrected chi connectivity index (χ4v) is 2.88. The Balaban J connectivity index is 2.34. The fourth-order valence-electron chi connectivity index (χ4n) is 2.08. The molecule has 110 valence electrons. The summed E-state index contributed by atoms with van der Waals surface area (Å²) in [5.41, 5.74) is 0.849. The zero-order valence-electron chi connectivity index (χ0n) is 11.6. The number of carbonyl (C=O) groups is 1. The van der Waals surface area contributed by atoms with E-state index in [1.54, 1.807) is 25.2 Å². The monoisotopic (exact) mass is 369 g/mol. The molecule has 0 spiro atoms. The van der Waals surface area contributed by atoms with Gasteiger partial charge in [0.05, 0.1) is 11.6 Å². The van der Waals surface area contributed by atoms with Crippen molar-refractivity contribution < 1.29 is 9.18 Å². The van der Waals surface area contributed by atoms with Crippen LogP contribution in [0.4, 0.5) is 4.39 Å². The van der Waals surface area contributed by atoms with Crippen LogP contribution >= 0.6 is 27.5 Å². The highest BCUT2D eigenvalue weighted by atomic mass is 79.9. The first kappa shape index (κ1) is 16.0. The first-order valence-electron chi connectivity index (χ1n) is 6.39. The molecule has 0 aliphatic rings. The minimum atomic E-state index is -0.549. The molecule has 1 unspecified atom stereocenters. The summed E-state index contributed by atoms with van der Waals surface area (Å²) < 4.78 is 14.3. The number of rotatable bonds is 3. The molecule has 0 fully saturated rings. The third-order valence-electron chi connectivity index (χ3n) is 3.43. The van der Waals surface area contributed by atoms with E-state index in [-0.39, 0.29) is 11.6 Å². The lowest BCUT2D eigenvalue weighted by Crippen LogP contribution is -2.30. The maximum atomic E-state index is 13.9. The van der Waals surface area contributed by atoms with Crippen molar-refractivity contribution in [3.05, 3.63) is 68.9 Å². The smallest absolute Gasteiger partial charge is 0.258 e. The van der Waals surface area contributed by atoms with Gasteiger partial charge in [-0.1, -0.05) is 35.9 Å². The predicted molar refractivity (Wildman–Crippen MR) is 86.1 cm³/mol. The second-order valence-corrected chi connectivity index (χ2v) is 5.97. The summed E-state index contributed by atoms with van der Waals surface area (Å²) in [6, 6.07) is 11.5. The number of hydrogen-bond acceptors (Lipinski definition) is 1. The SMILES string of the molecule is CC(c1ccccc1Cl)N(C)C(=O)c1c(F)cccc1Br. The van der Waals surface area contributed by atoms with Crippen molar-refractivity contribution in [1.82, 2.24) is 4.90 Å². The molecule has 0 radical (unpaired) electrons. The third kappa shape index (κ3) is 3.27. The molecular formula is C16H14BrClFNO. The van der Waals surface area contributed by atoms with Crippen molar-refractivity contribution in [2.75, 3.05) is 7.05 Å². The minimum Gasteiger partial charge on any atom is -0.335 e. The highest BCUT2D eigenvalue weighted by Crippen LogP contribution is 2.29. The summed E-state index contributed by atoms with van der Waals surface area (Å²) in [6.07, 6.45) is 0. The molecule has 0 aliphatic heterocycles. The van der Waals surface area contributed by atoms with Gasteiger partial charge in [0.1, 0.15) is 5.82 Å². The van der Waals surface area contributed by atoms with Gasteiger partial charge >= 0.3 is 0 Å². The third-order valence-corrected chi connectivity index (χ3v) is 4.44. The van der Waals surface area contributed by atoms with Crippen molar-refractivity contribution in [3.8, 4) is 0 Å². The molecule has 2 nitrogen and oxygen atoms in total. The Morgan fingerprint density at radius 3 is 2.52 bits per heavy atom. The van der Waals surface area contributed by atoms with Gasteiger partial charge in [0.15, 0.2) is 0 Å². The Kier molecular flexibility index (Phi) is 5.01. The van der Waals surface area contributed by atoms with Crippen LogP contribution < -0.4 is 0 Å². The van der Waals surface area contributed by atoms with Crippen LogP contribution in [-0.2, 0) is 0 Å². The van der Waals surface area contributed by atoms with Gasteiger partial charge < -0.3 is 4.90 Å². The van der Waals surface area contributed by atoms with Gasteiger partial charge in [0.25, 0.3) is 5.91 Å². The molecule has 0 aliphatic carbocycles. The van der Waals surface area contributed by atoms with Crippen LogP contribution in [0.5, 0.6) is 0 Å². The van der Waals surface area contributed by atoms with E-state index in [1.807, 2.05) is 25.1 Å². The Morgan fingerprint density at radius 1 is 1.24 bits per heavy atom. The molecule has 0 N–H and O–H groups in total. The van der Waals surface area contributed by atoms with E-state index in [0.717, 1.165) is 5.56 Å². The Hall–Kier alpha value is -1.39. The summed E-state index contributed by atoms with van der Waals surface area (Å²) in [6.45, 7) is 1.86. The van der Waals surface area contributed by atoms with Gasteiger partial charge in [-0.3, -0.25) is 4.79 Å². The first-order chi connectivity index (χ1) is 9.93. The van der Waals surface area contributed by atoms with Crippen molar-refractivity contribution in [2.24, 2.45) is 0 Å². The molecule has 2 aromatic carbocycles. The zero-order chi connectivity index (χ0) is 15.6. The van der Waals surface area contributed by atoms with E-state index >= 15 is 0 Å². The number of hydrogen-bond donors (Lipinski definition) is 0. The molecule has 0 aromatic heterocycles. The average molecular weight is 371 g/mol. The van der Waals surface area contributed by atoms with E-state index in [9.17, 15) is 9.18 Å². The highest BCUT2D eigenvalue weighted by Gasteiger charge is 2.24. The number of nitrogens with zero attached hydrogens (tertiary/aromatic N) is 1. The first-order valence-corrected chi connectivity index (χ1v) is 7.56. The Labute approximate surface area is 136 Å². The lowest BCUT2D eigenvalue weighted by atomic mass is 10.1. The second kappa shape index (κ2) is 6.58. The Bertz CT molecular complexity index is 657. The van der Waals surface area contributed by atoms with Crippen molar-refractivity contribution in [1.29, 1.82) is 0 Å². The molecule has 21 heavy (non-hydrogen) atoms. The molecule has 1 amide bonds. The van der Waals surface area contributed by atoms with Gasteiger partial charge in [0, 0.05) is 16.5 Å². The van der Waals surface area contributed by atoms with Gasteiger partial charge in [0.2, 0.25) is 0 Å². The summed E-state index contributed by atoms with van der Waals surface area (Å²) in [4.78, 5) is 14.0. The standard InChI is InChI=1S/C16H14BrClFNO/c1-10(11-6-3-4-8-13(11)18)20(2)16(21)15-12(17)7-5-9-14(15)19/h3-10H,1-2H3. The summed E-state index contributed by atoms with van der Waals surface area (Å²) in [5.74, 6) is -0.944. The molecule has 2 aromatic rings. The van der Waals surface area contributed by atoms with Crippen molar-refractivity contribution in [3.63, 3.8) is 0 Å². The maximum absolute atomic E-state index is 13.9. The summed E-state index contributed by atoms with van der Waals surface area (Å²) >= 11 is 9.38. The zero-order valence-corrected chi connectivity index (χ0v) is 14.0.